The van der Waals surface area contributed by atoms with Crippen LogP contribution in [0, 0.1) is 11.8 Å². The van der Waals surface area contributed by atoms with Gasteiger partial charge in [-0.05, 0) is 29.8 Å². The molecule has 0 amide bonds. The van der Waals surface area contributed by atoms with Crippen LogP contribution in [0.1, 0.15) is 5.56 Å². The van der Waals surface area contributed by atoms with E-state index in [-0.39, 0.29) is 6.54 Å². The average Bonchev–Trinajstić information content (AvgIpc) is 2.66. The van der Waals surface area contributed by atoms with Crippen LogP contribution >= 0.6 is 0 Å². The molecular weight excluding hydrogens is 200 g/mol. The van der Waals surface area contributed by atoms with Crippen molar-refractivity contribution in [1.82, 2.24) is 4.57 Å². The molecule has 1 aromatic carbocycles. The highest BCUT2D eigenvalue weighted by Crippen LogP contribution is 2.15. The summed E-state index contributed by atoms with van der Waals surface area (Å²) in [6.07, 6.45) is 2.02. The molecule has 0 saturated carbocycles. The van der Waals surface area contributed by atoms with Crippen molar-refractivity contribution in [2.24, 2.45) is 12.2 Å². The molecule has 0 spiro atoms. The zero-order valence-corrected chi connectivity index (χ0v) is 8.88. The van der Waals surface area contributed by atoms with Gasteiger partial charge in [0.2, 0.25) is 0 Å². The molecule has 0 unspecified atom stereocenters. The standard InChI is InChI=1S/C12H10N4/c1-16-8-6-11-9-10(4-5-12(11)16)3-2-7-14-15-13/h4-6,8-9H,7H2,1H3. The quantitative estimate of drug-likeness (QED) is 0.301. The summed E-state index contributed by atoms with van der Waals surface area (Å²) in [5.74, 6) is 5.75. The second-order valence-electron chi connectivity index (χ2n) is 3.39. The van der Waals surface area contributed by atoms with Crippen molar-refractivity contribution in [2.45, 2.75) is 0 Å². The second kappa shape index (κ2) is 4.43. The Hall–Kier alpha value is -2.37. The summed E-state index contributed by atoms with van der Waals surface area (Å²) >= 11 is 0. The van der Waals surface area contributed by atoms with Crippen LogP contribution in [0.5, 0.6) is 0 Å². The second-order valence-corrected chi connectivity index (χ2v) is 3.39. The third-order valence-corrected chi connectivity index (χ3v) is 2.33. The molecule has 16 heavy (non-hydrogen) atoms. The fraction of sp³-hybridized carbons (Fsp3) is 0.167. The molecule has 1 aromatic heterocycles. The van der Waals surface area contributed by atoms with E-state index in [1.54, 1.807) is 0 Å². The third kappa shape index (κ3) is 2.00. The van der Waals surface area contributed by atoms with Gasteiger partial charge in [0.15, 0.2) is 0 Å². The fourth-order valence-electron chi connectivity index (χ4n) is 1.57. The molecule has 4 heteroatoms. The Morgan fingerprint density at radius 3 is 3.12 bits per heavy atom. The summed E-state index contributed by atoms with van der Waals surface area (Å²) in [5, 5.41) is 4.52. The number of aromatic nitrogens is 1. The summed E-state index contributed by atoms with van der Waals surface area (Å²) in [4.78, 5) is 2.64. The first kappa shape index (κ1) is 10.2. The summed E-state index contributed by atoms with van der Waals surface area (Å²) in [6.45, 7) is 0.212. The van der Waals surface area contributed by atoms with Crippen molar-refractivity contribution in [1.29, 1.82) is 0 Å². The van der Waals surface area contributed by atoms with E-state index in [2.05, 4.69) is 26.4 Å². The molecule has 0 atom stereocenters. The molecule has 0 radical (unpaired) electrons. The van der Waals surface area contributed by atoms with E-state index in [4.69, 9.17) is 5.53 Å². The van der Waals surface area contributed by atoms with Gasteiger partial charge in [0.25, 0.3) is 0 Å². The lowest BCUT2D eigenvalue weighted by atomic mass is 10.1. The molecule has 0 N–H and O–H groups in total. The maximum Gasteiger partial charge on any atom is 0.0880 e. The normalized spacial score (nSPS) is 9.31. The van der Waals surface area contributed by atoms with Crippen molar-refractivity contribution in [3.63, 3.8) is 0 Å². The number of benzene rings is 1. The average molecular weight is 210 g/mol. The number of fused-ring (bicyclic) bond motifs is 1. The van der Waals surface area contributed by atoms with E-state index >= 15 is 0 Å². The Bertz CT molecular complexity index is 621. The van der Waals surface area contributed by atoms with Crippen LogP contribution in [0.3, 0.4) is 0 Å². The van der Waals surface area contributed by atoms with E-state index in [1.165, 1.54) is 5.52 Å². The number of hydrogen-bond donors (Lipinski definition) is 0. The van der Waals surface area contributed by atoms with Gasteiger partial charge in [-0.15, -0.1) is 0 Å². The topological polar surface area (TPSA) is 53.7 Å². The van der Waals surface area contributed by atoms with Gasteiger partial charge in [-0.1, -0.05) is 17.0 Å². The van der Waals surface area contributed by atoms with Crippen LogP contribution in [0.4, 0.5) is 0 Å². The Kier molecular flexibility index (Phi) is 2.81. The van der Waals surface area contributed by atoms with Crippen molar-refractivity contribution in [3.05, 3.63) is 46.5 Å². The Labute approximate surface area is 93.1 Å². The molecule has 0 aliphatic carbocycles. The molecular formula is C12H10N4. The zero-order chi connectivity index (χ0) is 11.4. The third-order valence-electron chi connectivity index (χ3n) is 2.33. The largest absolute Gasteiger partial charge is 0.351 e. The molecule has 2 aromatic rings. The van der Waals surface area contributed by atoms with Gasteiger partial charge < -0.3 is 4.57 Å². The molecule has 0 aliphatic heterocycles. The maximum absolute atomic E-state index is 8.10. The van der Waals surface area contributed by atoms with E-state index in [9.17, 15) is 0 Å². The molecule has 1 heterocycles. The van der Waals surface area contributed by atoms with Crippen molar-refractivity contribution in [3.8, 4) is 11.8 Å². The monoisotopic (exact) mass is 210 g/mol. The molecule has 2 rings (SSSR count). The first-order chi connectivity index (χ1) is 7.81. The van der Waals surface area contributed by atoms with E-state index < -0.39 is 0 Å². The van der Waals surface area contributed by atoms with Gasteiger partial charge >= 0.3 is 0 Å². The van der Waals surface area contributed by atoms with Gasteiger partial charge in [0, 0.05) is 34.6 Å². The predicted octanol–water partition coefficient (Wildman–Crippen LogP) is 2.84. The van der Waals surface area contributed by atoms with Crippen LogP contribution in [0.2, 0.25) is 0 Å². The van der Waals surface area contributed by atoms with E-state index in [0.29, 0.717) is 0 Å². The highest BCUT2D eigenvalue weighted by molar-refractivity contribution is 5.81. The minimum absolute atomic E-state index is 0.212. The van der Waals surface area contributed by atoms with Crippen LogP contribution in [0.25, 0.3) is 21.3 Å². The number of azide groups is 1. The first-order valence-corrected chi connectivity index (χ1v) is 4.86. The van der Waals surface area contributed by atoms with Gasteiger partial charge in [-0.3, -0.25) is 0 Å². The zero-order valence-electron chi connectivity index (χ0n) is 8.88. The van der Waals surface area contributed by atoms with Crippen molar-refractivity contribution < 1.29 is 0 Å². The Balaban J connectivity index is 2.31. The minimum atomic E-state index is 0.212. The molecule has 0 bridgehead atoms. The predicted molar refractivity (Wildman–Crippen MR) is 63.8 cm³/mol. The van der Waals surface area contributed by atoms with Crippen molar-refractivity contribution in [2.75, 3.05) is 6.54 Å². The van der Waals surface area contributed by atoms with Gasteiger partial charge in [-0.2, -0.15) is 0 Å². The number of aryl methyl sites for hydroxylation is 1. The summed E-state index contributed by atoms with van der Waals surface area (Å²) in [5.41, 5.74) is 10.2. The fourth-order valence-corrected chi connectivity index (χ4v) is 1.57. The summed E-state index contributed by atoms with van der Waals surface area (Å²) in [7, 11) is 2.01. The molecule has 0 aliphatic rings. The summed E-state index contributed by atoms with van der Waals surface area (Å²) < 4.78 is 2.06. The van der Waals surface area contributed by atoms with E-state index in [0.717, 1.165) is 10.9 Å². The van der Waals surface area contributed by atoms with Crippen LogP contribution < -0.4 is 0 Å². The molecule has 78 valence electrons. The number of hydrogen-bond acceptors (Lipinski definition) is 1. The lowest BCUT2D eigenvalue weighted by molar-refractivity contribution is 0.969. The van der Waals surface area contributed by atoms with Gasteiger partial charge in [-0.25, -0.2) is 0 Å². The highest BCUT2D eigenvalue weighted by Gasteiger charge is 1.97. The van der Waals surface area contributed by atoms with Crippen LogP contribution in [0.15, 0.2) is 35.6 Å². The van der Waals surface area contributed by atoms with Crippen molar-refractivity contribution >= 4 is 10.9 Å². The lowest BCUT2D eigenvalue weighted by Gasteiger charge is -1.95. The van der Waals surface area contributed by atoms with Crippen LogP contribution in [-0.2, 0) is 7.05 Å². The number of rotatable bonds is 1. The van der Waals surface area contributed by atoms with Gasteiger partial charge in [0.05, 0.1) is 6.54 Å². The van der Waals surface area contributed by atoms with Gasteiger partial charge in [0.1, 0.15) is 0 Å². The Morgan fingerprint density at radius 1 is 1.44 bits per heavy atom. The lowest BCUT2D eigenvalue weighted by Crippen LogP contribution is -1.83. The highest BCUT2D eigenvalue weighted by atomic mass is 15.1. The maximum atomic E-state index is 8.10. The SMILES string of the molecule is Cn1ccc2cc(C#CCN=[N+]=[N-])ccc21. The number of nitrogens with zero attached hydrogens (tertiary/aromatic N) is 4. The Morgan fingerprint density at radius 2 is 2.31 bits per heavy atom. The van der Waals surface area contributed by atoms with E-state index in [1.807, 2.05) is 37.5 Å². The van der Waals surface area contributed by atoms with Crippen LogP contribution in [-0.4, -0.2) is 11.1 Å². The molecule has 0 fully saturated rings. The minimum Gasteiger partial charge on any atom is -0.351 e. The smallest absolute Gasteiger partial charge is 0.0880 e. The molecule has 4 nitrogen and oxygen atoms in total. The molecule has 0 saturated heterocycles. The summed E-state index contributed by atoms with van der Waals surface area (Å²) in [6, 6.07) is 8.07. The first-order valence-electron chi connectivity index (χ1n) is 4.86.